The molecule has 0 radical (unpaired) electrons. The van der Waals surface area contributed by atoms with Gasteiger partial charge in [-0.15, -0.1) is 0 Å². The van der Waals surface area contributed by atoms with Crippen LogP contribution in [0.5, 0.6) is 0 Å². The number of nitrogens with zero attached hydrogens (tertiary/aromatic N) is 2. The molecule has 10 atom stereocenters. The number of hydrogen-bond donors (Lipinski definition) is 0. The minimum Gasteiger partial charge on any atom is -0.458 e. The predicted molar refractivity (Wildman–Crippen MR) is 247 cm³/mol. The van der Waals surface area contributed by atoms with Crippen molar-refractivity contribution in [3.05, 3.63) is 132 Å². The lowest BCUT2D eigenvalue weighted by atomic mass is 9.79. The Morgan fingerprint density at radius 3 is 2.19 bits per heavy atom. The highest BCUT2D eigenvalue weighted by molar-refractivity contribution is 6.99. The van der Waals surface area contributed by atoms with Crippen molar-refractivity contribution in [2.75, 3.05) is 0 Å². The minimum atomic E-state index is -2.89. The number of aromatic nitrogens is 2. The smallest absolute Gasteiger partial charge is 0.330 e. The summed E-state index contributed by atoms with van der Waals surface area (Å²) >= 11 is 0. The van der Waals surface area contributed by atoms with Gasteiger partial charge >= 0.3 is 5.97 Å². The van der Waals surface area contributed by atoms with Crippen LogP contribution < -0.4 is 10.4 Å². The Bertz CT molecular complexity index is 2230. The summed E-state index contributed by atoms with van der Waals surface area (Å²) in [4.78, 5) is 23.0. The van der Waals surface area contributed by atoms with E-state index >= 15 is 0 Å². The summed E-state index contributed by atoms with van der Waals surface area (Å²) < 4.78 is 46.3. The SMILES string of the molecule is C=C1C[C@@H]2C[C@@H]3C[C@@H](O[Si](c4ccccc4)(c4ccccc4)C(C)(C)C)C[C@@H](O3)c3coc(n3)/C=C/C[C@H]3O[C@@H](/C(C)=C/c4coc(C)n4)[C@H](C)[C@@H](OC(=O)/C=C\C[C@@H](C1)O2)[C@@H]3C. The number of esters is 1. The molecule has 3 saturated heterocycles. The lowest BCUT2D eigenvalue weighted by Gasteiger charge is -2.47. The Balaban J connectivity index is 1.12. The average Bonchev–Trinajstić information content (AvgIpc) is 3.90. The van der Waals surface area contributed by atoms with E-state index in [4.69, 9.17) is 37.2 Å². The molecule has 0 aliphatic carbocycles. The molecule has 3 fully saturated rings. The van der Waals surface area contributed by atoms with Crippen LogP contribution in [0.2, 0.25) is 5.04 Å². The van der Waals surface area contributed by atoms with E-state index in [2.05, 4.69) is 107 Å². The molecule has 63 heavy (non-hydrogen) atoms. The summed E-state index contributed by atoms with van der Waals surface area (Å²) in [6.45, 7) is 19.4. The molecule has 2 aromatic carbocycles. The highest BCUT2D eigenvalue weighted by Gasteiger charge is 2.53. The van der Waals surface area contributed by atoms with Crippen molar-refractivity contribution in [3.63, 3.8) is 0 Å². The van der Waals surface area contributed by atoms with E-state index < -0.39 is 14.4 Å². The molecule has 4 aliphatic rings. The van der Waals surface area contributed by atoms with Gasteiger partial charge in [0.15, 0.2) is 5.89 Å². The molecule has 0 amide bonds. The number of carbonyl (C=O) groups excluding carboxylic acids is 1. The number of aryl methyl sites for hydroxylation is 1. The molecular formula is C52H64N2O8Si. The highest BCUT2D eigenvalue weighted by atomic mass is 28.4. The molecule has 4 aromatic rings. The summed E-state index contributed by atoms with van der Waals surface area (Å²) in [5, 5.41) is 2.30. The van der Waals surface area contributed by atoms with Gasteiger partial charge in [-0.05, 0) is 72.2 Å². The van der Waals surface area contributed by atoms with Crippen LogP contribution in [0.15, 0.2) is 118 Å². The Labute approximate surface area is 373 Å². The lowest BCUT2D eigenvalue weighted by molar-refractivity contribution is -0.179. The van der Waals surface area contributed by atoms with Gasteiger partial charge in [-0.2, -0.15) is 0 Å². The fraction of sp³-hybridized carbons (Fsp3) is 0.481. The first-order chi connectivity index (χ1) is 30.3. The van der Waals surface area contributed by atoms with Crippen LogP contribution in [0.25, 0.3) is 12.2 Å². The van der Waals surface area contributed by atoms with E-state index in [0.29, 0.717) is 43.9 Å². The van der Waals surface area contributed by atoms with Gasteiger partial charge in [-0.1, -0.05) is 120 Å². The predicted octanol–water partition coefficient (Wildman–Crippen LogP) is 10.0. The van der Waals surface area contributed by atoms with Crippen molar-refractivity contribution in [1.82, 2.24) is 9.97 Å². The topological polar surface area (TPSA) is 115 Å². The Morgan fingerprint density at radius 1 is 0.810 bits per heavy atom. The second-order valence-electron chi connectivity index (χ2n) is 19.2. The maximum Gasteiger partial charge on any atom is 0.330 e. The van der Waals surface area contributed by atoms with Gasteiger partial charge in [0.2, 0.25) is 5.89 Å². The molecule has 11 heteroatoms. The van der Waals surface area contributed by atoms with Crippen LogP contribution in [-0.4, -0.2) is 67.0 Å². The fourth-order valence-electron chi connectivity index (χ4n) is 10.4. The van der Waals surface area contributed by atoms with Crippen LogP contribution in [-0.2, 0) is 28.2 Å². The summed E-state index contributed by atoms with van der Waals surface area (Å²) in [7, 11) is -2.89. The first-order valence-corrected chi connectivity index (χ1v) is 24.7. The molecule has 10 nitrogen and oxygen atoms in total. The maximum absolute atomic E-state index is 13.6. The molecule has 0 saturated carbocycles. The van der Waals surface area contributed by atoms with Gasteiger partial charge in [-0.25, -0.2) is 14.8 Å². The van der Waals surface area contributed by atoms with Crippen LogP contribution in [0, 0.1) is 18.8 Å². The zero-order chi connectivity index (χ0) is 44.3. The first-order valence-electron chi connectivity index (χ1n) is 22.8. The Morgan fingerprint density at radius 2 is 1.51 bits per heavy atom. The third kappa shape index (κ3) is 10.2. The average molecular weight is 873 g/mol. The molecule has 8 bridgehead atoms. The third-order valence-corrected chi connectivity index (χ3v) is 18.4. The van der Waals surface area contributed by atoms with Gasteiger partial charge in [0.1, 0.15) is 36.1 Å². The standard InChI is InChI=1S/C52H64N2O8Si/c1-33-25-39-17-15-24-49(55)61-51-35(3)46(60-50(36(51)4)34(2)27-38-31-56-37(5)53-38)22-16-23-48-54-45(32-57-48)47-30-42(29-41(59-47)28-40(26-33)58-39)62-63(52(6,7)8,43-18-11-9-12-19-43)44-20-13-10-14-21-44/h9-16,18-21,23-24,27,31-32,35-36,39-42,46-47,50-51H,1,17,22,25-26,28-30H2,2-8H3/b23-16+,24-15-,34-27+/t35-,36+,39+,40-,41-,42-,46-,47-,50+,51+/m1/s1. The van der Waals surface area contributed by atoms with E-state index in [1.807, 2.05) is 38.2 Å². The number of ether oxygens (including phenoxy) is 4. The third-order valence-electron chi connectivity index (χ3n) is 13.3. The second-order valence-corrected chi connectivity index (χ2v) is 23.4. The number of benzene rings is 2. The maximum atomic E-state index is 13.6. The van der Waals surface area contributed by atoms with Crippen LogP contribution >= 0.6 is 0 Å². The molecule has 6 heterocycles. The van der Waals surface area contributed by atoms with Crippen molar-refractivity contribution >= 4 is 36.8 Å². The lowest BCUT2D eigenvalue weighted by Crippen LogP contribution is -2.68. The van der Waals surface area contributed by atoms with Crippen molar-refractivity contribution in [1.29, 1.82) is 0 Å². The molecule has 0 spiro atoms. The van der Waals surface area contributed by atoms with Gasteiger partial charge < -0.3 is 32.2 Å². The van der Waals surface area contributed by atoms with Gasteiger partial charge in [0.05, 0.1) is 36.6 Å². The molecule has 4 aliphatic heterocycles. The van der Waals surface area contributed by atoms with Crippen LogP contribution in [0.3, 0.4) is 0 Å². The molecule has 8 rings (SSSR count). The minimum absolute atomic E-state index is 0.0969. The number of rotatable bonds is 6. The quantitative estimate of drug-likeness (QED) is 0.105. The van der Waals surface area contributed by atoms with E-state index in [-0.39, 0.29) is 65.6 Å². The van der Waals surface area contributed by atoms with E-state index in [1.165, 1.54) is 10.4 Å². The monoisotopic (exact) mass is 872 g/mol. The Kier molecular flexibility index (Phi) is 13.7. The molecule has 0 N–H and O–H groups in total. The zero-order valence-corrected chi connectivity index (χ0v) is 38.9. The summed E-state index contributed by atoms with van der Waals surface area (Å²) in [6.07, 6.45) is 15.5. The van der Waals surface area contributed by atoms with Crippen molar-refractivity contribution in [2.24, 2.45) is 11.8 Å². The van der Waals surface area contributed by atoms with Crippen molar-refractivity contribution in [2.45, 2.75) is 147 Å². The summed E-state index contributed by atoms with van der Waals surface area (Å²) in [5.74, 6) is 0.489. The molecule has 2 aromatic heterocycles. The highest BCUT2D eigenvalue weighted by Crippen LogP contribution is 2.43. The Hall–Kier alpha value is -4.65. The normalized spacial score (nSPS) is 31.1. The number of carbonyl (C=O) groups is 1. The van der Waals surface area contributed by atoms with E-state index in [1.54, 1.807) is 18.6 Å². The van der Waals surface area contributed by atoms with E-state index in [9.17, 15) is 4.79 Å². The van der Waals surface area contributed by atoms with Crippen molar-refractivity contribution in [3.8, 4) is 0 Å². The molecule has 0 unspecified atom stereocenters. The summed E-state index contributed by atoms with van der Waals surface area (Å²) in [5.41, 5.74) is 3.57. The first kappa shape index (κ1) is 44.9. The molecular weight excluding hydrogens is 809 g/mol. The number of oxazole rings is 2. The van der Waals surface area contributed by atoms with Gasteiger partial charge in [0, 0.05) is 37.7 Å². The van der Waals surface area contributed by atoms with Crippen LogP contribution in [0.4, 0.5) is 0 Å². The zero-order valence-electron chi connectivity index (χ0n) is 37.9. The van der Waals surface area contributed by atoms with Gasteiger partial charge in [-0.3, -0.25) is 0 Å². The van der Waals surface area contributed by atoms with Crippen LogP contribution in [0.1, 0.15) is 116 Å². The number of hydrogen-bond acceptors (Lipinski definition) is 10. The summed E-state index contributed by atoms with van der Waals surface area (Å²) in [6, 6.07) is 21.6. The van der Waals surface area contributed by atoms with Gasteiger partial charge in [0.25, 0.3) is 8.32 Å². The molecule has 334 valence electrons. The second kappa shape index (κ2) is 19.2. The fourth-order valence-corrected chi connectivity index (χ4v) is 15.1. The van der Waals surface area contributed by atoms with Crippen molar-refractivity contribution < 1.29 is 37.0 Å². The largest absolute Gasteiger partial charge is 0.458 e. The van der Waals surface area contributed by atoms with E-state index in [0.717, 1.165) is 35.4 Å². The number of fused-ring (bicyclic) bond motifs is 9.